The Labute approximate surface area is 93.9 Å². The molecule has 1 rings (SSSR count). The SMILES string of the molecule is CC(CO)N(C)c1cc(C(N)=O)c(N)cn1. The number of pyridine rings is 1. The number of primary amides is 1. The first-order chi connectivity index (χ1) is 7.47. The highest BCUT2D eigenvalue weighted by molar-refractivity contribution is 5.98. The summed E-state index contributed by atoms with van der Waals surface area (Å²) >= 11 is 0. The van der Waals surface area contributed by atoms with Gasteiger partial charge >= 0.3 is 0 Å². The van der Waals surface area contributed by atoms with Gasteiger partial charge in [-0.2, -0.15) is 0 Å². The monoisotopic (exact) mass is 224 g/mol. The molecule has 0 aliphatic heterocycles. The molecule has 0 spiro atoms. The van der Waals surface area contributed by atoms with Gasteiger partial charge in [0, 0.05) is 7.05 Å². The summed E-state index contributed by atoms with van der Waals surface area (Å²) in [5.41, 5.74) is 11.2. The van der Waals surface area contributed by atoms with Gasteiger partial charge in [0.2, 0.25) is 0 Å². The maximum atomic E-state index is 11.1. The van der Waals surface area contributed by atoms with Crippen LogP contribution in [0.4, 0.5) is 11.5 Å². The van der Waals surface area contributed by atoms with Crippen molar-refractivity contribution in [2.75, 3.05) is 24.3 Å². The van der Waals surface area contributed by atoms with Crippen molar-refractivity contribution in [2.24, 2.45) is 5.73 Å². The second-order valence-electron chi connectivity index (χ2n) is 3.64. The summed E-state index contributed by atoms with van der Waals surface area (Å²) < 4.78 is 0. The van der Waals surface area contributed by atoms with Crippen LogP contribution in [0.15, 0.2) is 12.3 Å². The van der Waals surface area contributed by atoms with Crippen LogP contribution in [-0.2, 0) is 0 Å². The van der Waals surface area contributed by atoms with Crippen molar-refractivity contribution in [3.8, 4) is 0 Å². The molecule has 0 saturated carbocycles. The van der Waals surface area contributed by atoms with Crippen LogP contribution in [-0.4, -0.2) is 35.7 Å². The normalized spacial score (nSPS) is 12.2. The number of nitrogens with two attached hydrogens (primary N) is 2. The number of aromatic nitrogens is 1. The van der Waals surface area contributed by atoms with Crippen molar-refractivity contribution in [1.29, 1.82) is 0 Å². The van der Waals surface area contributed by atoms with Crippen LogP contribution in [0.2, 0.25) is 0 Å². The summed E-state index contributed by atoms with van der Waals surface area (Å²) in [5, 5.41) is 9.01. The predicted octanol–water partition coefficient (Wildman–Crippen LogP) is -0.420. The molecule has 0 aromatic carbocycles. The summed E-state index contributed by atoms with van der Waals surface area (Å²) in [7, 11) is 1.77. The fourth-order valence-corrected chi connectivity index (χ4v) is 1.21. The molecule has 1 amide bonds. The standard InChI is InChI=1S/C10H16N4O2/c1-6(5-15)14(2)9-3-7(10(12)16)8(11)4-13-9/h3-4,6,15H,5,11H2,1-2H3,(H2,12,16). The minimum Gasteiger partial charge on any atom is -0.397 e. The lowest BCUT2D eigenvalue weighted by atomic mass is 10.2. The van der Waals surface area contributed by atoms with Crippen molar-refractivity contribution < 1.29 is 9.90 Å². The molecule has 1 heterocycles. The number of aliphatic hydroxyl groups excluding tert-OH is 1. The van der Waals surface area contributed by atoms with E-state index in [4.69, 9.17) is 16.6 Å². The van der Waals surface area contributed by atoms with Gasteiger partial charge < -0.3 is 21.5 Å². The second kappa shape index (κ2) is 4.80. The number of likely N-dealkylation sites (N-methyl/N-ethyl adjacent to an activating group) is 1. The van der Waals surface area contributed by atoms with Crippen LogP contribution in [0.25, 0.3) is 0 Å². The number of nitrogen functional groups attached to an aromatic ring is 1. The number of carbonyl (C=O) groups is 1. The molecule has 1 aromatic rings. The molecule has 6 heteroatoms. The summed E-state index contributed by atoms with van der Waals surface area (Å²) in [6.45, 7) is 1.83. The van der Waals surface area contributed by atoms with E-state index in [0.717, 1.165) is 0 Å². The zero-order chi connectivity index (χ0) is 12.3. The molecule has 0 bridgehead atoms. The van der Waals surface area contributed by atoms with Crippen LogP contribution >= 0.6 is 0 Å². The van der Waals surface area contributed by atoms with E-state index in [1.54, 1.807) is 11.9 Å². The Balaban J connectivity index is 3.07. The Morgan fingerprint density at radius 3 is 2.81 bits per heavy atom. The number of rotatable bonds is 4. The van der Waals surface area contributed by atoms with Gasteiger partial charge in [-0.3, -0.25) is 4.79 Å². The molecular formula is C10H16N4O2. The third-order valence-corrected chi connectivity index (χ3v) is 2.47. The molecule has 1 unspecified atom stereocenters. The van der Waals surface area contributed by atoms with Crippen molar-refractivity contribution >= 4 is 17.4 Å². The van der Waals surface area contributed by atoms with Crippen LogP contribution in [0, 0.1) is 0 Å². The second-order valence-corrected chi connectivity index (χ2v) is 3.64. The van der Waals surface area contributed by atoms with Gasteiger partial charge in [-0.15, -0.1) is 0 Å². The van der Waals surface area contributed by atoms with E-state index >= 15 is 0 Å². The lowest BCUT2D eigenvalue weighted by molar-refractivity contribution is 0.100. The Bertz CT molecular complexity index is 394. The number of aliphatic hydroxyl groups is 1. The third kappa shape index (κ3) is 2.40. The van der Waals surface area contributed by atoms with E-state index in [9.17, 15) is 4.79 Å². The molecule has 0 saturated heterocycles. The van der Waals surface area contributed by atoms with E-state index in [1.807, 2.05) is 6.92 Å². The van der Waals surface area contributed by atoms with Crippen molar-refractivity contribution in [1.82, 2.24) is 4.98 Å². The average molecular weight is 224 g/mol. The Kier molecular flexibility index (Phi) is 3.68. The molecular weight excluding hydrogens is 208 g/mol. The van der Waals surface area contributed by atoms with Crippen LogP contribution in [0.3, 0.4) is 0 Å². The molecule has 0 aliphatic rings. The highest BCUT2D eigenvalue weighted by Crippen LogP contribution is 2.18. The Hall–Kier alpha value is -1.82. The van der Waals surface area contributed by atoms with Crippen molar-refractivity contribution in [2.45, 2.75) is 13.0 Å². The first-order valence-electron chi connectivity index (χ1n) is 4.86. The molecule has 1 aromatic heterocycles. The molecule has 6 nitrogen and oxygen atoms in total. The molecule has 0 radical (unpaired) electrons. The van der Waals surface area contributed by atoms with Gasteiger partial charge in [0.1, 0.15) is 5.82 Å². The van der Waals surface area contributed by atoms with Gasteiger partial charge in [-0.1, -0.05) is 0 Å². The molecule has 88 valence electrons. The molecule has 16 heavy (non-hydrogen) atoms. The van der Waals surface area contributed by atoms with Gasteiger partial charge in [0.15, 0.2) is 0 Å². The summed E-state index contributed by atoms with van der Waals surface area (Å²) in [5.74, 6) is -0.0456. The maximum Gasteiger partial charge on any atom is 0.250 e. The topological polar surface area (TPSA) is 105 Å². The molecule has 0 aliphatic carbocycles. The van der Waals surface area contributed by atoms with Crippen LogP contribution in [0.1, 0.15) is 17.3 Å². The maximum absolute atomic E-state index is 11.1. The summed E-state index contributed by atoms with van der Waals surface area (Å²) in [4.78, 5) is 16.9. The van der Waals surface area contributed by atoms with Gasteiger partial charge in [0.25, 0.3) is 5.91 Å². The van der Waals surface area contributed by atoms with Crippen molar-refractivity contribution in [3.05, 3.63) is 17.8 Å². The summed E-state index contributed by atoms with van der Waals surface area (Å²) in [6, 6.07) is 1.42. The average Bonchev–Trinajstić information content (AvgIpc) is 2.27. The zero-order valence-electron chi connectivity index (χ0n) is 9.34. The third-order valence-electron chi connectivity index (χ3n) is 2.47. The number of nitrogens with zero attached hydrogens (tertiary/aromatic N) is 2. The smallest absolute Gasteiger partial charge is 0.250 e. The van der Waals surface area contributed by atoms with E-state index < -0.39 is 5.91 Å². The first-order valence-corrected chi connectivity index (χ1v) is 4.86. The fraction of sp³-hybridized carbons (Fsp3) is 0.400. The van der Waals surface area contributed by atoms with E-state index in [0.29, 0.717) is 5.82 Å². The minimum atomic E-state index is -0.591. The number of carbonyl (C=O) groups excluding carboxylic acids is 1. The lowest BCUT2D eigenvalue weighted by Gasteiger charge is -2.24. The molecule has 1 atom stereocenters. The first kappa shape index (κ1) is 12.3. The van der Waals surface area contributed by atoms with Crippen LogP contribution in [0.5, 0.6) is 0 Å². The number of hydrogen-bond acceptors (Lipinski definition) is 5. The molecule has 5 N–H and O–H groups in total. The van der Waals surface area contributed by atoms with Crippen molar-refractivity contribution in [3.63, 3.8) is 0 Å². The largest absolute Gasteiger partial charge is 0.397 e. The Morgan fingerprint density at radius 1 is 1.69 bits per heavy atom. The minimum absolute atomic E-state index is 0.00549. The lowest BCUT2D eigenvalue weighted by Crippen LogP contribution is -2.32. The summed E-state index contributed by atoms with van der Waals surface area (Å²) in [6.07, 6.45) is 1.38. The highest BCUT2D eigenvalue weighted by Gasteiger charge is 2.13. The number of anilines is 2. The zero-order valence-corrected chi connectivity index (χ0v) is 9.34. The number of amides is 1. The predicted molar refractivity (Wildman–Crippen MR) is 62.1 cm³/mol. The van der Waals surface area contributed by atoms with Gasteiger partial charge in [0.05, 0.1) is 30.1 Å². The Morgan fingerprint density at radius 2 is 2.31 bits per heavy atom. The van der Waals surface area contributed by atoms with E-state index in [2.05, 4.69) is 4.98 Å². The molecule has 0 fully saturated rings. The van der Waals surface area contributed by atoms with Gasteiger partial charge in [-0.25, -0.2) is 4.98 Å². The number of hydrogen-bond donors (Lipinski definition) is 3. The van der Waals surface area contributed by atoms with Crippen LogP contribution < -0.4 is 16.4 Å². The highest BCUT2D eigenvalue weighted by atomic mass is 16.3. The van der Waals surface area contributed by atoms with Gasteiger partial charge in [-0.05, 0) is 13.0 Å². The fourth-order valence-electron chi connectivity index (χ4n) is 1.21. The quantitative estimate of drug-likeness (QED) is 0.644. The van der Waals surface area contributed by atoms with E-state index in [1.165, 1.54) is 12.3 Å². The van der Waals surface area contributed by atoms with E-state index in [-0.39, 0.29) is 23.9 Å².